The Bertz CT molecular complexity index is 572. The van der Waals surface area contributed by atoms with Crippen LogP contribution in [0.4, 0.5) is 0 Å². The first-order valence-electron chi connectivity index (χ1n) is 7.51. The molecule has 108 valence electrons. The summed E-state index contributed by atoms with van der Waals surface area (Å²) >= 11 is 0. The van der Waals surface area contributed by atoms with Gasteiger partial charge in [-0.05, 0) is 38.8 Å². The molecule has 0 spiro atoms. The minimum absolute atomic E-state index is 0.392. The number of imidazole rings is 1. The Balaban J connectivity index is 1.65. The third-order valence-corrected chi connectivity index (χ3v) is 4.05. The van der Waals surface area contributed by atoms with Crippen molar-refractivity contribution >= 4 is 11.0 Å². The average molecular weight is 273 g/mol. The molecule has 0 saturated carbocycles. The number of nitrogens with one attached hydrogen (secondary N) is 1. The van der Waals surface area contributed by atoms with Crippen LogP contribution in [0.2, 0.25) is 0 Å². The van der Waals surface area contributed by atoms with E-state index in [0.29, 0.717) is 12.1 Å². The van der Waals surface area contributed by atoms with Crippen LogP contribution in [0.1, 0.15) is 31.6 Å². The van der Waals surface area contributed by atoms with E-state index in [2.05, 4.69) is 46.9 Å². The van der Waals surface area contributed by atoms with Crippen LogP contribution < -0.4 is 5.32 Å². The number of fused-ring (bicyclic) bond motifs is 1. The lowest BCUT2D eigenvalue weighted by atomic mass is 10.2. The van der Waals surface area contributed by atoms with Crippen molar-refractivity contribution in [3.05, 3.63) is 30.1 Å². The molecule has 0 aliphatic carbocycles. The summed E-state index contributed by atoms with van der Waals surface area (Å²) in [5, 5.41) is 3.53. The zero-order chi connectivity index (χ0) is 13.9. The van der Waals surface area contributed by atoms with E-state index in [1.807, 2.05) is 6.07 Å². The molecule has 1 saturated heterocycles. The first-order valence-corrected chi connectivity index (χ1v) is 7.51. The van der Waals surface area contributed by atoms with Gasteiger partial charge in [-0.15, -0.1) is 0 Å². The largest absolute Gasteiger partial charge is 0.377 e. The minimum atomic E-state index is 0.392. The van der Waals surface area contributed by atoms with Gasteiger partial charge in [-0.1, -0.05) is 12.1 Å². The number of hydrogen-bond acceptors (Lipinski definition) is 3. The van der Waals surface area contributed by atoms with Gasteiger partial charge in [0.05, 0.1) is 17.1 Å². The summed E-state index contributed by atoms with van der Waals surface area (Å²) in [7, 11) is 0. The second-order valence-electron chi connectivity index (χ2n) is 5.66. The van der Waals surface area contributed by atoms with Crippen LogP contribution in [-0.2, 0) is 4.74 Å². The van der Waals surface area contributed by atoms with E-state index in [9.17, 15) is 0 Å². The van der Waals surface area contributed by atoms with Crippen LogP contribution in [0.3, 0.4) is 0 Å². The van der Waals surface area contributed by atoms with E-state index < -0.39 is 0 Å². The quantitative estimate of drug-likeness (QED) is 0.910. The lowest BCUT2D eigenvalue weighted by Gasteiger charge is -2.18. The normalized spacial score (nSPS) is 20.6. The molecular weight excluding hydrogens is 250 g/mol. The highest BCUT2D eigenvalue weighted by Gasteiger charge is 2.16. The Morgan fingerprint density at radius 2 is 2.30 bits per heavy atom. The maximum Gasteiger partial charge on any atom is 0.107 e. The van der Waals surface area contributed by atoms with Crippen molar-refractivity contribution in [2.75, 3.05) is 19.7 Å². The molecule has 2 atom stereocenters. The minimum Gasteiger partial charge on any atom is -0.377 e. The van der Waals surface area contributed by atoms with Crippen LogP contribution >= 0.6 is 0 Å². The Kier molecular flexibility index (Phi) is 4.03. The van der Waals surface area contributed by atoms with Gasteiger partial charge in [0.25, 0.3) is 0 Å². The summed E-state index contributed by atoms with van der Waals surface area (Å²) in [6.45, 7) is 7.14. The summed E-state index contributed by atoms with van der Waals surface area (Å²) in [5.74, 6) is 1.08. The molecule has 3 rings (SSSR count). The maximum absolute atomic E-state index is 5.64. The molecule has 2 heterocycles. The molecule has 4 nitrogen and oxygen atoms in total. The SMILES string of the molecule is Cc1nc2ccccc2n1C(C)CNCC1CCCO1. The van der Waals surface area contributed by atoms with Gasteiger partial charge in [0, 0.05) is 25.7 Å². The Morgan fingerprint density at radius 1 is 1.45 bits per heavy atom. The number of nitrogens with zero attached hydrogens (tertiary/aromatic N) is 2. The Labute approximate surface area is 120 Å². The van der Waals surface area contributed by atoms with Gasteiger partial charge in [0.15, 0.2) is 0 Å². The van der Waals surface area contributed by atoms with Crippen molar-refractivity contribution < 1.29 is 4.74 Å². The fourth-order valence-corrected chi connectivity index (χ4v) is 3.07. The molecule has 0 radical (unpaired) electrons. The van der Waals surface area contributed by atoms with Crippen LogP contribution in [0.15, 0.2) is 24.3 Å². The van der Waals surface area contributed by atoms with E-state index in [0.717, 1.165) is 31.0 Å². The van der Waals surface area contributed by atoms with Crippen molar-refractivity contribution in [2.24, 2.45) is 0 Å². The van der Waals surface area contributed by atoms with Crippen molar-refractivity contribution in [2.45, 2.75) is 38.8 Å². The molecule has 1 aromatic heterocycles. The van der Waals surface area contributed by atoms with Gasteiger partial charge >= 0.3 is 0 Å². The lowest BCUT2D eigenvalue weighted by molar-refractivity contribution is 0.109. The molecule has 2 aromatic rings. The molecule has 1 aliphatic heterocycles. The highest BCUT2D eigenvalue weighted by atomic mass is 16.5. The molecule has 20 heavy (non-hydrogen) atoms. The van der Waals surface area contributed by atoms with E-state index in [1.165, 1.54) is 18.4 Å². The van der Waals surface area contributed by atoms with Crippen LogP contribution in [0.5, 0.6) is 0 Å². The summed E-state index contributed by atoms with van der Waals surface area (Å²) < 4.78 is 7.96. The smallest absolute Gasteiger partial charge is 0.107 e. The average Bonchev–Trinajstić information content (AvgIpc) is 3.04. The Morgan fingerprint density at radius 3 is 3.10 bits per heavy atom. The van der Waals surface area contributed by atoms with E-state index in [-0.39, 0.29) is 0 Å². The van der Waals surface area contributed by atoms with Crippen LogP contribution in [0, 0.1) is 6.92 Å². The first kappa shape index (κ1) is 13.6. The van der Waals surface area contributed by atoms with Gasteiger partial charge < -0.3 is 14.6 Å². The summed E-state index contributed by atoms with van der Waals surface area (Å²) in [6.07, 6.45) is 2.80. The molecule has 2 unspecified atom stereocenters. The molecule has 4 heteroatoms. The zero-order valence-electron chi connectivity index (χ0n) is 12.3. The standard InChI is InChI=1S/C16H23N3O/c1-12(10-17-11-14-6-5-9-20-14)19-13(2)18-15-7-3-4-8-16(15)19/h3-4,7-8,12,14,17H,5-6,9-11H2,1-2H3. The Hall–Kier alpha value is -1.39. The van der Waals surface area contributed by atoms with E-state index in [4.69, 9.17) is 4.74 Å². The highest BCUT2D eigenvalue weighted by molar-refractivity contribution is 5.76. The third-order valence-electron chi connectivity index (χ3n) is 4.05. The molecule has 1 fully saturated rings. The summed E-state index contributed by atoms with van der Waals surface area (Å²) in [5.41, 5.74) is 2.30. The molecule has 0 amide bonds. The van der Waals surface area contributed by atoms with Crippen molar-refractivity contribution in [3.63, 3.8) is 0 Å². The zero-order valence-corrected chi connectivity index (χ0v) is 12.3. The van der Waals surface area contributed by atoms with Crippen LogP contribution in [0.25, 0.3) is 11.0 Å². The number of hydrogen-bond donors (Lipinski definition) is 1. The number of rotatable bonds is 5. The predicted molar refractivity (Wildman–Crippen MR) is 81.0 cm³/mol. The van der Waals surface area contributed by atoms with Crippen LogP contribution in [-0.4, -0.2) is 35.4 Å². The monoisotopic (exact) mass is 273 g/mol. The van der Waals surface area contributed by atoms with Crippen molar-refractivity contribution in [3.8, 4) is 0 Å². The first-order chi connectivity index (χ1) is 9.75. The highest BCUT2D eigenvalue weighted by Crippen LogP contribution is 2.20. The topological polar surface area (TPSA) is 39.1 Å². The number of aromatic nitrogens is 2. The van der Waals surface area contributed by atoms with Gasteiger partial charge in [-0.25, -0.2) is 4.98 Å². The number of benzene rings is 1. The predicted octanol–water partition coefficient (Wildman–Crippen LogP) is 2.67. The number of aryl methyl sites for hydroxylation is 1. The van der Waals surface area contributed by atoms with Gasteiger partial charge in [-0.2, -0.15) is 0 Å². The molecule has 1 aromatic carbocycles. The third kappa shape index (κ3) is 2.72. The molecular formula is C16H23N3O. The van der Waals surface area contributed by atoms with Crippen molar-refractivity contribution in [1.29, 1.82) is 0 Å². The summed E-state index contributed by atoms with van der Waals surface area (Å²) in [4.78, 5) is 4.63. The molecule has 1 N–H and O–H groups in total. The molecule has 0 bridgehead atoms. The van der Waals surface area contributed by atoms with Gasteiger partial charge in [-0.3, -0.25) is 0 Å². The van der Waals surface area contributed by atoms with Gasteiger partial charge in [0.2, 0.25) is 0 Å². The van der Waals surface area contributed by atoms with Crippen molar-refractivity contribution in [1.82, 2.24) is 14.9 Å². The van der Waals surface area contributed by atoms with E-state index >= 15 is 0 Å². The fraction of sp³-hybridized carbons (Fsp3) is 0.562. The molecule has 1 aliphatic rings. The second kappa shape index (κ2) is 5.94. The number of para-hydroxylation sites is 2. The maximum atomic E-state index is 5.64. The second-order valence-corrected chi connectivity index (χ2v) is 5.66. The van der Waals surface area contributed by atoms with Gasteiger partial charge in [0.1, 0.15) is 5.82 Å². The fourth-order valence-electron chi connectivity index (χ4n) is 3.07. The van der Waals surface area contributed by atoms with E-state index in [1.54, 1.807) is 0 Å². The number of ether oxygens (including phenoxy) is 1. The lowest BCUT2D eigenvalue weighted by Crippen LogP contribution is -2.31. The summed E-state index contributed by atoms with van der Waals surface area (Å²) in [6, 6.07) is 8.73.